The summed E-state index contributed by atoms with van der Waals surface area (Å²) in [6.45, 7) is 0.353. The van der Waals surface area contributed by atoms with Gasteiger partial charge < -0.3 is 15.5 Å². The van der Waals surface area contributed by atoms with Crippen LogP contribution in [0.2, 0.25) is 0 Å². The van der Waals surface area contributed by atoms with E-state index in [1.54, 1.807) is 0 Å². The standard InChI is InChI=1S/C15H13NO4/c17-14(18)11-7-4-8-12(15(19)20)13(11)16-9-10-5-2-1-3-6-10/h1-8,16H,9H2,(H,17,18)(H,19,20). The normalized spacial score (nSPS) is 10.0. The van der Waals surface area contributed by atoms with Gasteiger partial charge in [0.2, 0.25) is 0 Å². The fourth-order valence-corrected chi connectivity index (χ4v) is 1.89. The summed E-state index contributed by atoms with van der Waals surface area (Å²) in [7, 11) is 0. The molecule has 0 unspecified atom stereocenters. The first-order valence-corrected chi connectivity index (χ1v) is 5.97. The lowest BCUT2D eigenvalue weighted by molar-refractivity contribution is 0.0696. The highest BCUT2D eigenvalue weighted by molar-refractivity contribution is 6.03. The number of aromatic carboxylic acids is 2. The van der Waals surface area contributed by atoms with E-state index in [1.807, 2.05) is 30.3 Å². The minimum absolute atomic E-state index is 0.0548. The van der Waals surface area contributed by atoms with Gasteiger partial charge in [-0.15, -0.1) is 0 Å². The molecule has 0 aromatic heterocycles. The van der Waals surface area contributed by atoms with Gasteiger partial charge in [0.25, 0.3) is 0 Å². The Morgan fingerprint density at radius 3 is 1.90 bits per heavy atom. The van der Waals surface area contributed by atoms with E-state index in [1.165, 1.54) is 18.2 Å². The molecule has 0 aliphatic rings. The summed E-state index contributed by atoms with van der Waals surface area (Å²) >= 11 is 0. The van der Waals surface area contributed by atoms with E-state index in [2.05, 4.69) is 5.32 Å². The lowest BCUT2D eigenvalue weighted by Gasteiger charge is -2.12. The Morgan fingerprint density at radius 1 is 0.850 bits per heavy atom. The molecule has 0 aliphatic heterocycles. The van der Waals surface area contributed by atoms with Gasteiger partial charge in [0.15, 0.2) is 0 Å². The van der Waals surface area contributed by atoms with Crippen LogP contribution < -0.4 is 5.32 Å². The number of carboxylic acids is 2. The molecule has 0 radical (unpaired) electrons. The molecule has 0 spiro atoms. The number of para-hydroxylation sites is 1. The third-order valence-electron chi connectivity index (χ3n) is 2.84. The lowest BCUT2D eigenvalue weighted by atomic mass is 10.1. The van der Waals surface area contributed by atoms with E-state index >= 15 is 0 Å². The third-order valence-corrected chi connectivity index (χ3v) is 2.84. The first kappa shape index (κ1) is 13.6. The second-order valence-corrected chi connectivity index (χ2v) is 4.18. The zero-order chi connectivity index (χ0) is 14.5. The Morgan fingerprint density at radius 2 is 1.40 bits per heavy atom. The van der Waals surface area contributed by atoms with E-state index in [4.69, 9.17) is 10.2 Å². The molecule has 20 heavy (non-hydrogen) atoms. The molecule has 0 saturated heterocycles. The Bertz CT molecular complexity index is 605. The van der Waals surface area contributed by atoms with Gasteiger partial charge in [-0.3, -0.25) is 0 Å². The summed E-state index contributed by atoms with van der Waals surface area (Å²) in [4.78, 5) is 22.3. The highest BCUT2D eigenvalue weighted by Crippen LogP contribution is 2.22. The predicted molar refractivity (Wildman–Crippen MR) is 74.1 cm³/mol. The number of carbonyl (C=O) groups is 2. The number of benzene rings is 2. The van der Waals surface area contributed by atoms with Crippen LogP contribution in [0.4, 0.5) is 5.69 Å². The van der Waals surface area contributed by atoms with Crippen molar-refractivity contribution < 1.29 is 19.8 Å². The summed E-state index contributed by atoms with van der Waals surface area (Å²) in [6.07, 6.45) is 0. The molecule has 2 aromatic carbocycles. The van der Waals surface area contributed by atoms with Crippen LogP contribution >= 0.6 is 0 Å². The average molecular weight is 271 g/mol. The Labute approximate surface area is 115 Å². The largest absolute Gasteiger partial charge is 0.478 e. The molecule has 0 saturated carbocycles. The number of anilines is 1. The Balaban J connectivity index is 2.33. The maximum absolute atomic E-state index is 11.2. The quantitative estimate of drug-likeness (QED) is 0.778. The third kappa shape index (κ3) is 2.95. The summed E-state index contributed by atoms with van der Waals surface area (Å²) in [5.41, 5.74) is 0.946. The van der Waals surface area contributed by atoms with Crippen LogP contribution in [0.25, 0.3) is 0 Å². The molecule has 0 amide bonds. The first-order chi connectivity index (χ1) is 9.59. The van der Waals surface area contributed by atoms with Gasteiger partial charge in [0.05, 0.1) is 16.8 Å². The second-order valence-electron chi connectivity index (χ2n) is 4.18. The fourth-order valence-electron chi connectivity index (χ4n) is 1.89. The van der Waals surface area contributed by atoms with Crippen molar-refractivity contribution in [3.63, 3.8) is 0 Å². The fraction of sp³-hybridized carbons (Fsp3) is 0.0667. The molecule has 5 heteroatoms. The highest BCUT2D eigenvalue weighted by Gasteiger charge is 2.17. The van der Waals surface area contributed by atoms with E-state index in [0.29, 0.717) is 6.54 Å². The number of carboxylic acid groups (broad SMARTS) is 2. The zero-order valence-corrected chi connectivity index (χ0v) is 10.5. The molecule has 0 aliphatic carbocycles. The minimum atomic E-state index is -1.16. The van der Waals surface area contributed by atoms with E-state index in [-0.39, 0.29) is 16.8 Å². The van der Waals surface area contributed by atoms with Gasteiger partial charge in [-0.25, -0.2) is 9.59 Å². The van der Waals surface area contributed by atoms with Crippen molar-refractivity contribution in [3.8, 4) is 0 Å². The smallest absolute Gasteiger partial charge is 0.337 e. The van der Waals surface area contributed by atoms with Crippen molar-refractivity contribution in [2.75, 3.05) is 5.32 Å². The maximum atomic E-state index is 11.2. The van der Waals surface area contributed by atoms with Crippen LogP contribution in [0.15, 0.2) is 48.5 Å². The van der Waals surface area contributed by atoms with Crippen LogP contribution in [0.1, 0.15) is 26.3 Å². The monoisotopic (exact) mass is 271 g/mol. The van der Waals surface area contributed by atoms with Gasteiger partial charge in [0, 0.05) is 6.54 Å². The Kier molecular flexibility index (Phi) is 4.00. The molecule has 0 bridgehead atoms. The molecule has 3 N–H and O–H groups in total. The molecule has 102 valence electrons. The Hall–Kier alpha value is -2.82. The number of rotatable bonds is 5. The van der Waals surface area contributed by atoms with Crippen molar-refractivity contribution in [3.05, 3.63) is 65.2 Å². The molecular formula is C15H13NO4. The van der Waals surface area contributed by atoms with E-state index < -0.39 is 11.9 Å². The average Bonchev–Trinajstić information content (AvgIpc) is 2.45. The van der Waals surface area contributed by atoms with Crippen LogP contribution in [0.3, 0.4) is 0 Å². The lowest BCUT2D eigenvalue weighted by Crippen LogP contribution is -2.11. The van der Waals surface area contributed by atoms with Crippen LogP contribution in [0.5, 0.6) is 0 Å². The summed E-state index contributed by atoms with van der Waals surface area (Å²) < 4.78 is 0. The molecule has 5 nitrogen and oxygen atoms in total. The summed E-state index contributed by atoms with van der Waals surface area (Å²) in [6, 6.07) is 13.5. The number of hydrogen-bond acceptors (Lipinski definition) is 3. The minimum Gasteiger partial charge on any atom is -0.478 e. The summed E-state index contributed by atoms with van der Waals surface area (Å²) in [5, 5.41) is 21.2. The van der Waals surface area contributed by atoms with Crippen LogP contribution in [-0.4, -0.2) is 22.2 Å². The van der Waals surface area contributed by atoms with Gasteiger partial charge in [0.1, 0.15) is 0 Å². The zero-order valence-electron chi connectivity index (χ0n) is 10.5. The van der Waals surface area contributed by atoms with Crippen molar-refractivity contribution in [1.29, 1.82) is 0 Å². The molecular weight excluding hydrogens is 258 g/mol. The highest BCUT2D eigenvalue weighted by atomic mass is 16.4. The van der Waals surface area contributed by atoms with Gasteiger partial charge in [-0.1, -0.05) is 36.4 Å². The van der Waals surface area contributed by atoms with Gasteiger partial charge in [-0.2, -0.15) is 0 Å². The maximum Gasteiger partial charge on any atom is 0.337 e. The van der Waals surface area contributed by atoms with Crippen LogP contribution in [0, 0.1) is 0 Å². The second kappa shape index (κ2) is 5.88. The van der Waals surface area contributed by atoms with Crippen molar-refractivity contribution in [2.45, 2.75) is 6.54 Å². The van der Waals surface area contributed by atoms with Gasteiger partial charge >= 0.3 is 11.9 Å². The van der Waals surface area contributed by atoms with Crippen molar-refractivity contribution in [1.82, 2.24) is 0 Å². The number of hydrogen-bond donors (Lipinski definition) is 3. The van der Waals surface area contributed by atoms with E-state index in [9.17, 15) is 9.59 Å². The molecule has 2 rings (SSSR count). The van der Waals surface area contributed by atoms with Crippen molar-refractivity contribution in [2.24, 2.45) is 0 Å². The molecule has 0 fully saturated rings. The number of nitrogens with one attached hydrogen (secondary N) is 1. The van der Waals surface area contributed by atoms with Crippen molar-refractivity contribution >= 4 is 17.6 Å². The molecule has 0 atom stereocenters. The summed E-state index contributed by atoms with van der Waals surface area (Å²) in [5.74, 6) is -2.33. The molecule has 0 heterocycles. The molecule has 2 aromatic rings. The topological polar surface area (TPSA) is 86.6 Å². The van der Waals surface area contributed by atoms with Gasteiger partial charge in [-0.05, 0) is 17.7 Å². The van der Waals surface area contributed by atoms with Crippen LogP contribution in [-0.2, 0) is 6.54 Å². The first-order valence-electron chi connectivity index (χ1n) is 5.97. The van der Waals surface area contributed by atoms with E-state index in [0.717, 1.165) is 5.56 Å². The predicted octanol–water partition coefficient (Wildman–Crippen LogP) is 2.70. The SMILES string of the molecule is O=C(O)c1cccc(C(=O)O)c1NCc1ccccc1.